The summed E-state index contributed by atoms with van der Waals surface area (Å²) in [5.41, 5.74) is 6.38. The predicted molar refractivity (Wildman–Crippen MR) is 69.9 cm³/mol. The number of aliphatic carboxylic acids is 1. The molecule has 1 fully saturated rings. The highest BCUT2D eigenvalue weighted by Crippen LogP contribution is 2.26. The van der Waals surface area contributed by atoms with Crippen LogP contribution in [0.15, 0.2) is 18.3 Å². The van der Waals surface area contributed by atoms with Gasteiger partial charge in [-0.3, -0.25) is 14.6 Å². The normalized spacial score (nSPS) is 18.5. The third kappa shape index (κ3) is 3.43. The highest BCUT2D eigenvalue weighted by atomic mass is 16.4. The fourth-order valence-electron chi connectivity index (χ4n) is 2.38. The molecule has 19 heavy (non-hydrogen) atoms. The number of carboxylic acid groups (broad SMARTS) is 1. The van der Waals surface area contributed by atoms with Gasteiger partial charge in [-0.1, -0.05) is 0 Å². The number of pyridine rings is 1. The number of hydrogen-bond acceptors (Lipinski definition) is 4. The molecule has 102 valence electrons. The first-order valence-electron chi connectivity index (χ1n) is 6.29. The molecule has 6 heteroatoms. The molecule has 0 aromatic carbocycles. The first-order chi connectivity index (χ1) is 9.06. The number of carbonyl (C=O) groups is 2. The number of nitrogens with zero attached hydrogens (tertiary/aromatic N) is 2. The van der Waals surface area contributed by atoms with Gasteiger partial charge in [-0.05, 0) is 30.9 Å². The van der Waals surface area contributed by atoms with E-state index in [2.05, 4.69) is 9.88 Å². The summed E-state index contributed by atoms with van der Waals surface area (Å²) in [7, 11) is 0. The molecule has 1 aromatic heterocycles. The van der Waals surface area contributed by atoms with Gasteiger partial charge < -0.3 is 15.7 Å². The number of amides is 1. The van der Waals surface area contributed by atoms with Crippen molar-refractivity contribution in [1.29, 1.82) is 0 Å². The van der Waals surface area contributed by atoms with Gasteiger partial charge in [0.1, 0.15) is 5.69 Å². The van der Waals surface area contributed by atoms with Crippen molar-refractivity contribution in [2.24, 2.45) is 11.7 Å². The summed E-state index contributed by atoms with van der Waals surface area (Å²) < 4.78 is 0. The number of anilines is 1. The van der Waals surface area contributed by atoms with Crippen LogP contribution in [0.3, 0.4) is 0 Å². The highest BCUT2D eigenvalue weighted by molar-refractivity contribution is 5.91. The lowest BCUT2D eigenvalue weighted by molar-refractivity contribution is -0.137. The predicted octanol–water partition coefficient (Wildman–Crippen LogP) is 0.872. The molecule has 0 bridgehead atoms. The lowest BCUT2D eigenvalue weighted by atomic mass is 10.0. The number of rotatable bonds is 5. The van der Waals surface area contributed by atoms with Crippen LogP contribution in [0.2, 0.25) is 0 Å². The van der Waals surface area contributed by atoms with Crippen LogP contribution in [0.1, 0.15) is 29.8 Å². The van der Waals surface area contributed by atoms with Gasteiger partial charge in [-0.2, -0.15) is 0 Å². The zero-order valence-electron chi connectivity index (χ0n) is 10.6. The van der Waals surface area contributed by atoms with E-state index in [-0.39, 0.29) is 12.1 Å². The monoisotopic (exact) mass is 263 g/mol. The van der Waals surface area contributed by atoms with E-state index in [0.717, 1.165) is 25.2 Å². The van der Waals surface area contributed by atoms with Crippen molar-refractivity contribution in [3.05, 3.63) is 24.0 Å². The van der Waals surface area contributed by atoms with E-state index in [0.29, 0.717) is 12.3 Å². The molecular formula is C13H17N3O3. The maximum atomic E-state index is 11.1. The van der Waals surface area contributed by atoms with Crippen molar-refractivity contribution >= 4 is 17.6 Å². The first kappa shape index (κ1) is 13.3. The molecule has 1 aromatic rings. The Hall–Kier alpha value is -2.11. The molecule has 3 N–H and O–H groups in total. The summed E-state index contributed by atoms with van der Waals surface area (Å²) >= 11 is 0. The minimum Gasteiger partial charge on any atom is -0.481 e. The van der Waals surface area contributed by atoms with Crippen LogP contribution in [0.5, 0.6) is 0 Å². The number of carbonyl (C=O) groups excluding carboxylic acids is 1. The van der Waals surface area contributed by atoms with Gasteiger partial charge in [-0.25, -0.2) is 0 Å². The van der Waals surface area contributed by atoms with Crippen molar-refractivity contribution in [2.45, 2.75) is 19.3 Å². The Labute approximate surface area is 111 Å². The third-order valence-electron chi connectivity index (χ3n) is 3.41. The Kier molecular flexibility index (Phi) is 3.99. The molecule has 1 amide bonds. The lowest BCUT2D eigenvalue weighted by Crippen LogP contribution is -2.21. The van der Waals surface area contributed by atoms with Gasteiger partial charge in [-0.15, -0.1) is 0 Å². The van der Waals surface area contributed by atoms with Crippen molar-refractivity contribution in [3.63, 3.8) is 0 Å². The zero-order valence-corrected chi connectivity index (χ0v) is 10.6. The Morgan fingerprint density at radius 2 is 2.32 bits per heavy atom. The van der Waals surface area contributed by atoms with Crippen LogP contribution in [-0.4, -0.2) is 35.1 Å². The highest BCUT2D eigenvalue weighted by Gasteiger charge is 2.23. The molecule has 0 saturated carbocycles. The van der Waals surface area contributed by atoms with E-state index in [1.807, 2.05) is 6.07 Å². The van der Waals surface area contributed by atoms with Crippen LogP contribution in [0.25, 0.3) is 0 Å². The zero-order chi connectivity index (χ0) is 13.8. The molecule has 1 aliphatic rings. The maximum Gasteiger partial charge on any atom is 0.303 e. The number of aromatic nitrogens is 1. The molecule has 1 atom stereocenters. The van der Waals surface area contributed by atoms with Gasteiger partial charge in [0.2, 0.25) is 0 Å². The molecule has 2 heterocycles. The molecule has 2 rings (SSSR count). The van der Waals surface area contributed by atoms with Gasteiger partial charge in [0.15, 0.2) is 0 Å². The van der Waals surface area contributed by atoms with Crippen molar-refractivity contribution in [2.75, 3.05) is 18.0 Å². The Bertz CT molecular complexity index is 490. The van der Waals surface area contributed by atoms with E-state index in [1.165, 1.54) is 0 Å². The lowest BCUT2D eigenvalue weighted by Gasteiger charge is -2.18. The average molecular weight is 263 g/mol. The average Bonchev–Trinajstić information content (AvgIpc) is 2.85. The maximum absolute atomic E-state index is 11.1. The molecule has 0 aliphatic carbocycles. The molecule has 1 unspecified atom stereocenters. The molecule has 0 radical (unpaired) electrons. The van der Waals surface area contributed by atoms with Crippen LogP contribution in [-0.2, 0) is 4.79 Å². The van der Waals surface area contributed by atoms with Crippen molar-refractivity contribution < 1.29 is 14.7 Å². The quantitative estimate of drug-likeness (QED) is 0.821. The van der Waals surface area contributed by atoms with E-state index < -0.39 is 11.9 Å². The first-order valence-corrected chi connectivity index (χ1v) is 6.29. The second-order valence-electron chi connectivity index (χ2n) is 4.80. The van der Waals surface area contributed by atoms with Crippen LogP contribution in [0.4, 0.5) is 5.69 Å². The number of nitrogens with two attached hydrogens (primary N) is 1. The van der Waals surface area contributed by atoms with Gasteiger partial charge in [0.05, 0.1) is 0 Å². The molecular weight excluding hydrogens is 246 g/mol. The van der Waals surface area contributed by atoms with Gasteiger partial charge >= 0.3 is 5.97 Å². The number of primary amides is 1. The Morgan fingerprint density at radius 1 is 1.53 bits per heavy atom. The summed E-state index contributed by atoms with van der Waals surface area (Å²) in [6.45, 7) is 1.68. The molecule has 1 saturated heterocycles. The standard InChI is InChI=1S/C13H17N3O3/c14-13(19)11-7-10(3-5-15-11)16-6-4-9(8-16)1-2-12(17)18/h3,5,7,9H,1-2,4,6,8H2,(H2,14,19)(H,17,18). The summed E-state index contributed by atoms with van der Waals surface area (Å²) in [6.07, 6.45) is 3.45. The van der Waals surface area contributed by atoms with E-state index >= 15 is 0 Å². The largest absolute Gasteiger partial charge is 0.481 e. The van der Waals surface area contributed by atoms with Crippen LogP contribution < -0.4 is 10.6 Å². The topological polar surface area (TPSA) is 96.5 Å². The smallest absolute Gasteiger partial charge is 0.303 e. The van der Waals surface area contributed by atoms with Crippen LogP contribution >= 0.6 is 0 Å². The van der Waals surface area contributed by atoms with Gasteiger partial charge in [0.25, 0.3) is 5.91 Å². The third-order valence-corrected chi connectivity index (χ3v) is 3.41. The molecule has 6 nitrogen and oxygen atoms in total. The van der Waals surface area contributed by atoms with Gasteiger partial charge in [0, 0.05) is 31.4 Å². The fourth-order valence-corrected chi connectivity index (χ4v) is 2.38. The summed E-state index contributed by atoms with van der Waals surface area (Å²) in [5, 5.41) is 8.68. The Morgan fingerprint density at radius 3 is 3.00 bits per heavy atom. The van der Waals surface area contributed by atoms with E-state index in [4.69, 9.17) is 10.8 Å². The summed E-state index contributed by atoms with van der Waals surface area (Å²) in [6, 6.07) is 3.52. The second kappa shape index (κ2) is 5.69. The number of hydrogen-bond donors (Lipinski definition) is 2. The SMILES string of the molecule is NC(=O)c1cc(N2CCC(CCC(=O)O)C2)ccn1. The van der Waals surface area contributed by atoms with Crippen molar-refractivity contribution in [3.8, 4) is 0 Å². The van der Waals surface area contributed by atoms with E-state index in [1.54, 1.807) is 12.3 Å². The number of carboxylic acids is 1. The minimum atomic E-state index is -0.752. The fraction of sp³-hybridized carbons (Fsp3) is 0.462. The molecule has 1 aliphatic heterocycles. The minimum absolute atomic E-state index is 0.210. The van der Waals surface area contributed by atoms with Crippen molar-refractivity contribution in [1.82, 2.24) is 4.98 Å². The Balaban J connectivity index is 1.98. The summed E-state index contributed by atoms with van der Waals surface area (Å²) in [5.74, 6) is -0.900. The van der Waals surface area contributed by atoms with E-state index in [9.17, 15) is 9.59 Å². The summed E-state index contributed by atoms with van der Waals surface area (Å²) in [4.78, 5) is 27.7. The molecule has 0 spiro atoms. The van der Waals surface area contributed by atoms with Crippen LogP contribution in [0, 0.1) is 5.92 Å². The second-order valence-corrected chi connectivity index (χ2v) is 4.80.